The number of nitrogen functional groups attached to an aromatic ring is 1. The molecule has 0 aliphatic carbocycles. The number of amides is 3. The predicted molar refractivity (Wildman–Crippen MR) is 150 cm³/mol. The van der Waals surface area contributed by atoms with Gasteiger partial charge in [0.1, 0.15) is 18.1 Å². The number of nitrogens with zero attached hydrogens (tertiary/aromatic N) is 1. The summed E-state index contributed by atoms with van der Waals surface area (Å²) in [6.07, 6.45) is -0.316. The molecule has 0 aromatic heterocycles. The third-order valence-electron chi connectivity index (χ3n) is 6.66. The van der Waals surface area contributed by atoms with Gasteiger partial charge in [-0.05, 0) is 60.9 Å². The van der Waals surface area contributed by atoms with Gasteiger partial charge in [-0.2, -0.15) is 0 Å². The fourth-order valence-corrected chi connectivity index (χ4v) is 4.57. The van der Waals surface area contributed by atoms with Gasteiger partial charge in [-0.15, -0.1) is 0 Å². The minimum atomic E-state index is -1.10. The van der Waals surface area contributed by atoms with Crippen LogP contribution in [0.15, 0.2) is 60.7 Å². The lowest BCUT2D eigenvalue weighted by atomic mass is 10.1. The van der Waals surface area contributed by atoms with Gasteiger partial charge in [0.05, 0.1) is 42.6 Å². The number of carbonyl (C=O) groups is 3. The van der Waals surface area contributed by atoms with E-state index in [1.165, 1.54) is 25.3 Å². The molecule has 1 fully saturated rings. The van der Waals surface area contributed by atoms with Gasteiger partial charge in [-0.3, -0.25) is 4.79 Å². The highest BCUT2D eigenvalue weighted by Gasteiger charge is 2.35. The van der Waals surface area contributed by atoms with Crippen molar-refractivity contribution in [2.75, 3.05) is 36.6 Å². The molecule has 0 radical (unpaired) electrons. The van der Waals surface area contributed by atoms with Crippen molar-refractivity contribution in [2.24, 2.45) is 0 Å². The number of likely N-dealkylation sites (tertiary alicyclic amines) is 1. The second-order valence-electron chi connectivity index (χ2n) is 9.56. The Kier molecular flexibility index (Phi) is 8.75. The third-order valence-corrected chi connectivity index (χ3v) is 6.66. The maximum Gasteiger partial charge on any atom is 0.335 e. The van der Waals surface area contributed by atoms with Crippen LogP contribution in [0.25, 0.3) is 0 Å². The monoisotopic (exact) mass is 548 g/mol. The van der Waals surface area contributed by atoms with Crippen LogP contribution in [0.2, 0.25) is 0 Å². The molecule has 11 heteroatoms. The normalized spacial score (nSPS) is 16.3. The van der Waals surface area contributed by atoms with Gasteiger partial charge in [0, 0.05) is 12.2 Å². The Morgan fingerprint density at radius 3 is 2.48 bits per heavy atom. The van der Waals surface area contributed by atoms with E-state index in [-0.39, 0.29) is 36.7 Å². The van der Waals surface area contributed by atoms with Crippen LogP contribution in [0.1, 0.15) is 27.9 Å². The van der Waals surface area contributed by atoms with Gasteiger partial charge in [0.15, 0.2) is 0 Å². The van der Waals surface area contributed by atoms with Crippen molar-refractivity contribution in [3.8, 4) is 11.5 Å². The number of aryl methyl sites for hydroxylation is 1. The summed E-state index contributed by atoms with van der Waals surface area (Å²) in [6, 6.07) is 15.8. The van der Waals surface area contributed by atoms with E-state index in [4.69, 9.17) is 20.3 Å². The summed E-state index contributed by atoms with van der Waals surface area (Å²) in [4.78, 5) is 38.4. The Bertz CT molecular complexity index is 1410. The molecule has 0 unspecified atom stereocenters. The first-order valence-electron chi connectivity index (χ1n) is 12.7. The Hall–Kier alpha value is -4.77. The zero-order chi connectivity index (χ0) is 28.8. The lowest BCUT2D eigenvalue weighted by molar-refractivity contribution is -0.132. The Balaban J connectivity index is 1.38. The molecule has 1 heterocycles. The second-order valence-corrected chi connectivity index (χ2v) is 9.56. The number of aliphatic hydroxyl groups excluding tert-OH is 1. The number of carboxylic acid groups (broad SMARTS) is 1. The Morgan fingerprint density at radius 2 is 1.77 bits per heavy atom. The topological polar surface area (TPSA) is 163 Å². The standard InChI is InChI=1S/C29H32N4O7/c1-17-5-3-4-6-23(17)31-29(38)32-24-9-7-18(11-26(24)39-2)12-27(35)33-15-21(34)14-20(33)16-40-25-10-8-19(28(36)37)13-22(25)30/h3-11,13,20-21,34H,12,14-16,30H2,1-2H3,(H,36,37)(H2,31,32,38)/t20-,21-/m0/s1. The van der Waals surface area contributed by atoms with Crippen LogP contribution >= 0.6 is 0 Å². The maximum atomic E-state index is 13.2. The quantitative estimate of drug-likeness (QED) is 0.254. The molecule has 0 bridgehead atoms. The van der Waals surface area contributed by atoms with Crippen LogP contribution in [0.5, 0.6) is 11.5 Å². The zero-order valence-electron chi connectivity index (χ0n) is 22.2. The highest BCUT2D eigenvalue weighted by Crippen LogP contribution is 2.28. The van der Waals surface area contributed by atoms with Gasteiger partial charge >= 0.3 is 12.0 Å². The molecule has 3 aromatic rings. The third kappa shape index (κ3) is 6.80. The number of ether oxygens (including phenoxy) is 2. The number of aromatic carboxylic acids is 1. The van der Waals surface area contributed by atoms with Crippen molar-refractivity contribution >= 4 is 35.0 Å². The van der Waals surface area contributed by atoms with E-state index < -0.39 is 24.1 Å². The molecular formula is C29H32N4O7. The number of benzene rings is 3. The molecule has 11 nitrogen and oxygen atoms in total. The highest BCUT2D eigenvalue weighted by molar-refractivity contribution is 6.01. The van der Waals surface area contributed by atoms with E-state index in [1.807, 2.05) is 25.1 Å². The number of β-amino-alcohol motifs (C(OH)–C–C–N with tert-alkyl or cyclic N) is 1. The number of para-hydroxylation sites is 1. The molecule has 4 rings (SSSR count). The summed E-state index contributed by atoms with van der Waals surface area (Å²) < 4.78 is 11.2. The molecule has 3 aromatic carbocycles. The van der Waals surface area contributed by atoms with Gasteiger partial charge < -0.3 is 41.0 Å². The summed E-state index contributed by atoms with van der Waals surface area (Å²) in [7, 11) is 1.48. The molecule has 0 spiro atoms. The van der Waals surface area contributed by atoms with Gasteiger partial charge in [-0.25, -0.2) is 9.59 Å². The van der Waals surface area contributed by atoms with Crippen LogP contribution in [0, 0.1) is 6.92 Å². The molecule has 3 amide bonds. The molecule has 0 saturated carbocycles. The number of methoxy groups -OCH3 is 1. The average Bonchev–Trinajstić information content (AvgIpc) is 3.30. The van der Waals surface area contributed by atoms with Crippen LogP contribution in [0.3, 0.4) is 0 Å². The molecular weight excluding hydrogens is 516 g/mol. The number of hydrogen-bond acceptors (Lipinski definition) is 7. The summed E-state index contributed by atoms with van der Waals surface area (Å²) in [5.74, 6) is -0.607. The van der Waals surface area contributed by atoms with E-state index in [1.54, 1.807) is 29.2 Å². The fourth-order valence-electron chi connectivity index (χ4n) is 4.57. The first kappa shape index (κ1) is 28.2. The number of nitrogens with one attached hydrogen (secondary N) is 2. The van der Waals surface area contributed by atoms with Crippen molar-refractivity contribution in [1.82, 2.24) is 4.90 Å². The summed E-state index contributed by atoms with van der Waals surface area (Å²) in [6.45, 7) is 2.14. The fraction of sp³-hybridized carbons (Fsp3) is 0.276. The lowest BCUT2D eigenvalue weighted by Crippen LogP contribution is -2.40. The number of carbonyl (C=O) groups excluding carboxylic acids is 2. The van der Waals surface area contributed by atoms with Crippen LogP contribution in [-0.2, 0) is 11.2 Å². The largest absolute Gasteiger partial charge is 0.495 e. The first-order valence-corrected chi connectivity index (χ1v) is 12.7. The number of rotatable bonds is 9. The van der Waals surface area contributed by atoms with Crippen molar-refractivity contribution in [3.63, 3.8) is 0 Å². The van der Waals surface area contributed by atoms with Crippen LogP contribution in [0.4, 0.5) is 21.9 Å². The van der Waals surface area contributed by atoms with E-state index in [0.29, 0.717) is 34.9 Å². The lowest BCUT2D eigenvalue weighted by Gasteiger charge is -2.25. The van der Waals surface area contributed by atoms with Crippen LogP contribution < -0.4 is 25.8 Å². The van der Waals surface area contributed by atoms with E-state index >= 15 is 0 Å². The molecule has 1 aliphatic heterocycles. The first-order chi connectivity index (χ1) is 19.1. The minimum absolute atomic E-state index is 0.0431. The molecule has 40 heavy (non-hydrogen) atoms. The SMILES string of the molecule is COc1cc(CC(=O)N2C[C@@H](O)C[C@H]2COc2ccc(C(=O)O)cc2N)ccc1NC(=O)Nc1ccccc1C. The van der Waals surface area contributed by atoms with Crippen molar-refractivity contribution in [3.05, 3.63) is 77.4 Å². The molecule has 6 N–H and O–H groups in total. The number of aliphatic hydroxyl groups is 1. The maximum absolute atomic E-state index is 13.2. The molecule has 210 valence electrons. The summed E-state index contributed by atoms with van der Waals surface area (Å²) in [5, 5.41) is 24.9. The van der Waals surface area contributed by atoms with Gasteiger partial charge in [0.2, 0.25) is 5.91 Å². The number of hydrogen-bond donors (Lipinski definition) is 5. The van der Waals surface area contributed by atoms with E-state index in [2.05, 4.69) is 10.6 Å². The predicted octanol–water partition coefficient (Wildman–Crippen LogP) is 3.51. The zero-order valence-corrected chi connectivity index (χ0v) is 22.2. The Labute approximate surface area is 231 Å². The molecule has 1 aliphatic rings. The number of nitrogens with two attached hydrogens (primary N) is 1. The molecule has 1 saturated heterocycles. The van der Waals surface area contributed by atoms with E-state index in [0.717, 1.165) is 5.56 Å². The van der Waals surface area contributed by atoms with Crippen molar-refractivity contribution in [1.29, 1.82) is 0 Å². The highest BCUT2D eigenvalue weighted by atomic mass is 16.5. The van der Waals surface area contributed by atoms with Crippen LogP contribution in [-0.4, -0.2) is 65.4 Å². The smallest absolute Gasteiger partial charge is 0.335 e. The number of carboxylic acids is 1. The molecule has 2 atom stereocenters. The van der Waals surface area contributed by atoms with Gasteiger partial charge in [-0.1, -0.05) is 24.3 Å². The summed E-state index contributed by atoms with van der Waals surface area (Å²) >= 11 is 0. The number of anilines is 3. The van der Waals surface area contributed by atoms with E-state index in [9.17, 15) is 19.5 Å². The van der Waals surface area contributed by atoms with Crippen molar-refractivity contribution in [2.45, 2.75) is 31.9 Å². The second kappa shape index (κ2) is 12.4. The summed E-state index contributed by atoms with van der Waals surface area (Å²) in [5.41, 5.74) is 8.86. The van der Waals surface area contributed by atoms with Crippen molar-refractivity contribution < 1.29 is 34.1 Å². The minimum Gasteiger partial charge on any atom is -0.495 e. The Morgan fingerprint density at radius 1 is 1.02 bits per heavy atom. The number of urea groups is 1. The van der Waals surface area contributed by atoms with Gasteiger partial charge in [0.25, 0.3) is 0 Å². The average molecular weight is 549 g/mol.